The molecule has 4 N–H and O–H groups in total. The van der Waals surface area contributed by atoms with Gasteiger partial charge >= 0.3 is 6.09 Å². The maximum absolute atomic E-state index is 13.7. The average Bonchev–Trinajstić information content (AvgIpc) is 3.65. The van der Waals surface area contributed by atoms with E-state index in [9.17, 15) is 18.3 Å². The number of hydrogen-bond donors (Lipinski definition) is 3. The van der Waals surface area contributed by atoms with Gasteiger partial charge in [0.15, 0.2) is 6.29 Å². The van der Waals surface area contributed by atoms with Crippen LogP contribution < -0.4 is 15.8 Å². The molecular weight excluding hydrogens is 612 g/mol. The molecule has 3 heterocycles. The molecule has 46 heavy (non-hydrogen) atoms. The van der Waals surface area contributed by atoms with Crippen molar-refractivity contribution in [2.45, 2.75) is 62.7 Å². The fourth-order valence-corrected chi connectivity index (χ4v) is 7.29. The summed E-state index contributed by atoms with van der Waals surface area (Å²) in [4.78, 5) is 17.5. The van der Waals surface area contributed by atoms with Crippen LogP contribution >= 0.6 is 0 Å². The van der Waals surface area contributed by atoms with Gasteiger partial charge in [0.1, 0.15) is 18.5 Å². The molecule has 5 unspecified atom stereocenters. The summed E-state index contributed by atoms with van der Waals surface area (Å²) < 4.78 is 51.3. The van der Waals surface area contributed by atoms with E-state index in [2.05, 4.69) is 10.3 Å². The molecular formula is C33H42N4O8S. The van der Waals surface area contributed by atoms with E-state index < -0.39 is 34.4 Å². The van der Waals surface area contributed by atoms with E-state index in [1.165, 1.54) is 16.4 Å². The normalized spacial score (nSPS) is 20.8. The number of aliphatic hydroxyl groups is 1. The molecule has 2 aliphatic heterocycles. The Labute approximate surface area is 269 Å². The number of anilines is 1. The van der Waals surface area contributed by atoms with Crippen molar-refractivity contribution in [2.24, 2.45) is 11.8 Å². The molecule has 0 aliphatic carbocycles. The second-order valence-electron chi connectivity index (χ2n) is 12.0. The SMILES string of the molecule is CC(C)CN(CC(O)C(Cc1ccc(OCc2ccccn2)cc1)NC(=O)OC1COC2OCCC12)S(=O)(=O)c1cccc(N)c1. The summed E-state index contributed by atoms with van der Waals surface area (Å²) in [5, 5.41) is 14.4. The van der Waals surface area contributed by atoms with Gasteiger partial charge in [0.2, 0.25) is 10.0 Å². The van der Waals surface area contributed by atoms with E-state index in [0.717, 1.165) is 17.7 Å². The summed E-state index contributed by atoms with van der Waals surface area (Å²) in [6.45, 7) is 4.72. The second kappa shape index (κ2) is 15.2. The van der Waals surface area contributed by atoms with Crippen LogP contribution in [-0.4, -0.2) is 79.7 Å². The van der Waals surface area contributed by atoms with Gasteiger partial charge in [0.25, 0.3) is 0 Å². The number of nitrogens with one attached hydrogen (secondary N) is 1. The Kier molecular flexibility index (Phi) is 11.1. The van der Waals surface area contributed by atoms with Gasteiger partial charge in [-0.3, -0.25) is 4.98 Å². The number of hydrogen-bond acceptors (Lipinski definition) is 10. The molecule has 248 valence electrons. The summed E-state index contributed by atoms with van der Waals surface area (Å²) in [5.41, 5.74) is 7.77. The lowest BCUT2D eigenvalue weighted by Crippen LogP contribution is -2.51. The molecule has 0 radical (unpaired) electrons. The van der Waals surface area contributed by atoms with Crippen LogP contribution in [0.1, 0.15) is 31.5 Å². The highest BCUT2D eigenvalue weighted by Gasteiger charge is 2.44. The topological polar surface area (TPSA) is 163 Å². The first-order valence-electron chi connectivity index (χ1n) is 15.4. The Bertz CT molecular complexity index is 1540. The van der Waals surface area contributed by atoms with Crippen LogP contribution in [0.25, 0.3) is 0 Å². The summed E-state index contributed by atoms with van der Waals surface area (Å²) >= 11 is 0. The van der Waals surface area contributed by atoms with E-state index in [1.54, 1.807) is 30.5 Å². The number of sulfonamides is 1. The number of nitrogen functional groups attached to an aromatic ring is 1. The minimum Gasteiger partial charge on any atom is -0.487 e. The molecule has 2 aromatic carbocycles. The van der Waals surface area contributed by atoms with Crippen molar-refractivity contribution in [3.63, 3.8) is 0 Å². The number of amides is 1. The first-order valence-corrected chi connectivity index (χ1v) is 16.9. The second-order valence-corrected chi connectivity index (χ2v) is 14.0. The number of carbonyl (C=O) groups is 1. The molecule has 5 rings (SSSR count). The summed E-state index contributed by atoms with van der Waals surface area (Å²) in [6.07, 6.45) is -0.273. The molecule has 3 aromatic rings. The third-order valence-electron chi connectivity index (χ3n) is 7.96. The maximum atomic E-state index is 13.7. The fourth-order valence-electron chi connectivity index (χ4n) is 5.61. The van der Waals surface area contributed by atoms with E-state index >= 15 is 0 Å². The van der Waals surface area contributed by atoms with Gasteiger partial charge in [-0.25, -0.2) is 13.2 Å². The molecule has 13 heteroatoms. The molecule has 2 aliphatic rings. The number of fused-ring (bicyclic) bond motifs is 1. The predicted octanol–water partition coefficient (Wildman–Crippen LogP) is 3.35. The molecule has 2 saturated heterocycles. The van der Waals surface area contributed by atoms with Gasteiger partial charge in [0, 0.05) is 25.0 Å². The van der Waals surface area contributed by atoms with Crippen LogP contribution in [0.4, 0.5) is 10.5 Å². The molecule has 1 amide bonds. The van der Waals surface area contributed by atoms with Crippen molar-refractivity contribution in [3.8, 4) is 5.75 Å². The number of pyridine rings is 1. The van der Waals surface area contributed by atoms with Crippen LogP contribution in [0, 0.1) is 11.8 Å². The average molecular weight is 655 g/mol. The number of alkyl carbamates (subject to hydrolysis) is 1. The third-order valence-corrected chi connectivity index (χ3v) is 9.79. The third kappa shape index (κ3) is 8.74. The lowest BCUT2D eigenvalue weighted by molar-refractivity contribution is -0.0907. The molecule has 5 atom stereocenters. The molecule has 2 fully saturated rings. The standard InChI is InChI=1S/C33H42N4O8S/c1-22(2)18-37(46(40,41)27-8-5-6-24(34)17-27)19-30(38)29(36-33(39)45-31-21-44-32-28(31)13-15-42-32)16-23-9-11-26(12-10-23)43-20-25-7-3-4-14-35-25/h3-12,14,17,22,28-32,38H,13,15-16,18-21,34H2,1-2H3,(H,36,39). The Morgan fingerprint density at radius 1 is 1.11 bits per heavy atom. The van der Waals surface area contributed by atoms with Gasteiger partial charge in [-0.05, 0) is 66.8 Å². The van der Waals surface area contributed by atoms with E-state index in [-0.39, 0.29) is 49.1 Å². The smallest absolute Gasteiger partial charge is 0.407 e. The van der Waals surface area contributed by atoms with Crippen molar-refractivity contribution in [1.29, 1.82) is 0 Å². The Balaban J connectivity index is 1.31. The first kappa shape index (κ1) is 33.6. The first-order chi connectivity index (χ1) is 22.1. The molecule has 0 bridgehead atoms. The molecule has 0 saturated carbocycles. The molecule has 1 aromatic heterocycles. The van der Waals surface area contributed by atoms with Crippen molar-refractivity contribution in [2.75, 3.05) is 32.0 Å². The van der Waals surface area contributed by atoms with Crippen LogP contribution in [0.2, 0.25) is 0 Å². The quantitative estimate of drug-likeness (QED) is 0.220. The molecule has 12 nitrogen and oxygen atoms in total. The number of nitrogens with zero attached hydrogens (tertiary/aromatic N) is 2. The highest BCUT2D eigenvalue weighted by Crippen LogP contribution is 2.33. The van der Waals surface area contributed by atoms with Crippen LogP contribution in [0.3, 0.4) is 0 Å². The zero-order valence-electron chi connectivity index (χ0n) is 26.0. The number of aliphatic hydroxyl groups excluding tert-OH is 1. The minimum atomic E-state index is -4.01. The summed E-state index contributed by atoms with van der Waals surface area (Å²) in [5.74, 6) is 0.532. The number of benzene rings is 2. The maximum Gasteiger partial charge on any atom is 0.407 e. The minimum absolute atomic E-state index is 0.0279. The summed E-state index contributed by atoms with van der Waals surface area (Å²) in [6, 6.07) is 18.0. The highest BCUT2D eigenvalue weighted by atomic mass is 32.2. The lowest BCUT2D eigenvalue weighted by Gasteiger charge is -2.31. The van der Waals surface area contributed by atoms with E-state index in [0.29, 0.717) is 24.7 Å². The van der Waals surface area contributed by atoms with Gasteiger partial charge < -0.3 is 35.1 Å². The van der Waals surface area contributed by atoms with Gasteiger partial charge in [-0.2, -0.15) is 4.31 Å². The van der Waals surface area contributed by atoms with Crippen molar-refractivity contribution in [3.05, 3.63) is 84.2 Å². The monoisotopic (exact) mass is 654 g/mol. The Hall–Kier alpha value is -3.75. The Morgan fingerprint density at radius 3 is 2.63 bits per heavy atom. The van der Waals surface area contributed by atoms with Crippen LogP contribution in [0.5, 0.6) is 5.75 Å². The number of ether oxygens (including phenoxy) is 4. The summed E-state index contributed by atoms with van der Waals surface area (Å²) in [7, 11) is -4.01. The number of carbonyl (C=O) groups excluding carboxylic acids is 1. The largest absolute Gasteiger partial charge is 0.487 e. The fraction of sp³-hybridized carbons (Fsp3) is 0.455. The van der Waals surface area contributed by atoms with Gasteiger partial charge in [-0.15, -0.1) is 0 Å². The van der Waals surface area contributed by atoms with E-state index in [4.69, 9.17) is 24.7 Å². The lowest BCUT2D eigenvalue weighted by atomic mass is 10.0. The van der Waals surface area contributed by atoms with Crippen LogP contribution in [0.15, 0.2) is 77.8 Å². The van der Waals surface area contributed by atoms with E-state index in [1.807, 2.05) is 44.2 Å². The number of aromatic nitrogens is 1. The zero-order chi connectivity index (χ0) is 32.7. The number of rotatable bonds is 14. The predicted molar refractivity (Wildman–Crippen MR) is 170 cm³/mol. The van der Waals surface area contributed by atoms with Crippen molar-refractivity contribution in [1.82, 2.24) is 14.6 Å². The van der Waals surface area contributed by atoms with Crippen LogP contribution in [-0.2, 0) is 37.3 Å². The van der Waals surface area contributed by atoms with Crippen molar-refractivity contribution >= 4 is 21.8 Å². The Morgan fingerprint density at radius 2 is 1.91 bits per heavy atom. The zero-order valence-corrected chi connectivity index (χ0v) is 26.8. The highest BCUT2D eigenvalue weighted by molar-refractivity contribution is 7.89. The number of nitrogens with two attached hydrogens (primary N) is 1. The van der Waals surface area contributed by atoms with Gasteiger partial charge in [0.05, 0.1) is 41.9 Å². The van der Waals surface area contributed by atoms with Crippen molar-refractivity contribution < 1.29 is 37.3 Å². The molecule has 0 spiro atoms. The van der Waals surface area contributed by atoms with Gasteiger partial charge in [-0.1, -0.05) is 38.1 Å².